The van der Waals surface area contributed by atoms with Crippen LogP contribution in [0.1, 0.15) is 0 Å². The second-order valence-electron chi connectivity index (χ2n) is 5.36. The van der Waals surface area contributed by atoms with Crippen molar-refractivity contribution in [3.63, 3.8) is 0 Å². The zero-order valence-electron chi connectivity index (χ0n) is 12.4. The quantitative estimate of drug-likeness (QED) is 0.674. The van der Waals surface area contributed by atoms with Gasteiger partial charge < -0.3 is 9.80 Å². The monoisotopic (exact) mass is 326 g/mol. The lowest BCUT2D eigenvalue weighted by molar-refractivity contribution is 0.642. The molecule has 0 bridgehead atoms. The molecule has 0 amide bonds. The summed E-state index contributed by atoms with van der Waals surface area (Å²) >= 11 is 6.03. The van der Waals surface area contributed by atoms with E-state index in [1.54, 1.807) is 12.4 Å². The topological polar surface area (TPSA) is 58.0 Å². The Morgan fingerprint density at radius 3 is 2.48 bits per heavy atom. The van der Waals surface area contributed by atoms with E-state index >= 15 is 0 Å². The number of hydrogen-bond donors (Lipinski definition) is 0. The molecule has 23 heavy (non-hydrogen) atoms. The summed E-state index contributed by atoms with van der Waals surface area (Å²) in [6.45, 7) is 3.50. The number of aromatic nitrogens is 4. The Kier molecular flexibility index (Phi) is 3.67. The molecule has 1 aliphatic rings. The van der Waals surface area contributed by atoms with Crippen LogP contribution in [-0.4, -0.2) is 46.1 Å². The molecule has 4 heterocycles. The van der Waals surface area contributed by atoms with Gasteiger partial charge >= 0.3 is 0 Å². The van der Waals surface area contributed by atoms with Crippen molar-refractivity contribution < 1.29 is 0 Å². The van der Waals surface area contributed by atoms with E-state index in [0.29, 0.717) is 5.15 Å². The van der Waals surface area contributed by atoms with Gasteiger partial charge in [-0.05, 0) is 24.3 Å². The summed E-state index contributed by atoms with van der Waals surface area (Å²) in [5, 5.41) is 0.459. The van der Waals surface area contributed by atoms with Gasteiger partial charge in [-0.2, -0.15) is 0 Å². The molecule has 0 unspecified atom stereocenters. The fraction of sp³-hybridized carbons (Fsp3) is 0.250. The summed E-state index contributed by atoms with van der Waals surface area (Å²) in [6, 6.07) is 9.61. The van der Waals surface area contributed by atoms with Gasteiger partial charge in [0.25, 0.3) is 0 Å². The first-order valence-corrected chi connectivity index (χ1v) is 7.87. The highest BCUT2D eigenvalue weighted by Crippen LogP contribution is 2.24. The molecule has 4 rings (SSSR count). The first-order valence-electron chi connectivity index (χ1n) is 7.49. The summed E-state index contributed by atoms with van der Waals surface area (Å²) < 4.78 is 0. The average molecular weight is 327 g/mol. The molecule has 7 heteroatoms. The van der Waals surface area contributed by atoms with E-state index in [-0.39, 0.29) is 0 Å². The normalized spacial score (nSPS) is 15.2. The second-order valence-corrected chi connectivity index (χ2v) is 5.75. The molecule has 0 aromatic carbocycles. The average Bonchev–Trinajstić information content (AvgIpc) is 2.62. The van der Waals surface area contributed by atoms with Crippen molar-refractivity contribution in [3.8, 4) is 0 Å². The van der Waals surface area contributed by atoms with Crippen LogP contribution in [-0.2, 0) is 0 Å². The van der Waals surface area contributed by atoms with Gasteiger partial charge in [0, 0.05) is 32.4 Å². The van der Waals surface area contributed by atoms with Crippen molar-refractivity contribution in [2.24, 2.45) is 0 Å². The standard InChI is InChI=1S/C16H15ClN6/c17-13-5-4-12-15(21-13)16(20-11-19-12)23-9-7-22(8-10-23)14-3-1-2-6-18-14/h1-6,11H,7-10H2. The molecule has 6 nitrogen and oxygen atoms in total. The predicted octanol–water partition coefficient (Wildman–Crippen LogP) is 2.40. The number of rotatable bonds is 2. The molecule has 0 atom stereocenters. The Morgan fingerprint density at radius 1 is 0.870 bits per heavy atom. The first kappa shape index (κ1) is 14.1. The third-order valence-corrected chi connectivity index (χ3v) is 4.19. The smallest absolute Gasteiger partial charge is 0.158 e. The van der Waals surface area contributed by atoms with E-state index in [9.17, 15) is 0 Å². The maximum atomic E-state index is 6.03. The lowest BCUT2D eigenvalue weighted by Crippen LogP contribution is -2.47. The second kappa shape index (κ2) is 5.96. The summed E-state index contributed by atoms with van der Waals surface area (Å²) in [4.78, 5) is 22.0. The minimum atomic E-state index is 0.459. The van der Waals surface area contributed by atoms with Crippen LogP contribution in [0.4, 0.5) is 11.6 Å². The Bertz CT molecular complexity index is 817. The Labute approximate surface area is 138 Å². The molecule has 0 saturated carbocycles. The number of halogens is 1. The Balaban J connectivity index is 1.58. The van der Waals surface area contributed by atoms with E-state index < -0.39 is 0 Å². The maximum absolute atomic E-state index is 6.03. The van der Waals surface area contributed by atoms with Crippen molar-refractivity contribution in [2.75, 3.05) is 36.0 Å². The molecule has 116 valence electrons. The molecule has 0 N–H and O–H groups in total. The summed E-state index contributed by atoms with van der Waals surface area (Å²) in [7, 11) is 0. The highest BCUT2D eigenvalue weighted by molar-refractivity contribution is 6.29. The third-order valence-electron chi connectivity index (χ3n) is 3.98. The van der Waals surface area contributed by atoms with E-state index in [4.69, 9.17) is 11.6 Å². The van der Waals surface area contributed by atoms with E-state index in [1.807, 2.05) is 30.5 Å². The van der Waals surface area contributed by atoms with Crippen LogP contribution in [0.5, 0.6) is 0 Å². The SMILES string of the molecule is Clc1ccc2ncnc(N3CCN(c4ccccn4)CC3)c2n1. The van der Waals surface area contributed by atoms with Crippen molar-refractivity contribution in [2.45, 2.75) is 0 Å². The molecule has 3 aromatic rings. The van der Waals surface area contributed by atoms with Gasteiger partial charge in [0.1, 0.15) is 22.8 Å². The number of anilines is 2. The highest BCUT2D eigenvalue weighted by atomic mass is 35.5. The van der Waals surface area contributed by atoms with Gasteiger partial charge in [-0.25, -0.2) is 19.9 Å². The predicted molar refractivity (Wildman–Crippen MR) is 91.0 cm³/mol. The molecular weight excluding hydrogens is 312 g/mol. The van der Waals surface area contributed by atoms with E-state index in [2.05, 4.69) is 29.7 Å². The highest BCUT2D eigenvalue weighted by Gasteiger charge is 2.21. The summed E-state index contributed by atoms with van der Waals surface area (Å²) in [5.41, 5.74) is 1.57. The summed E-state index contributed by atoms with van der Waals surface area (Å²) in [6.07, 6.45) is 3.41. The number of nitrogens with zero attached hydrogens (tertiary/aromatic N) is 6. The molecule has 0 radical (unpaired) electrons. The minimum absolute atomic E-state index is 0.459. The van der Waals surface area contributed by atoms with Crippen LogP contribution < -0.4 is 9.80 Å². The molecule has 1 fully saturated rings. The van der Waals surface area contributed by atoms with E-state index in [0.717, 1.165) is 48.8 Å². The van der Waals surface area contributed by atoms with Gasteiger partial charge in [0.2, 0.25) is 0 Å². The Hall–Kier alpha value is -2.47. The molecular formula is C16H15ClN6. The zero-order valence-corrected chi connectivity index (χ0v) is 13.2. The molecule has 1 aliphatic heterocycles. The van der Waals surface area contributed by atoms with Crippen LogP contribution in [0.2, 0.25) is 5.15 Å². The van der Waals surface area contributed by atoms with Crippen molar-refractivity contribution in [1.82, 2.24) is 19.9 Å². The maximum Gasteiger partial charge on any atom is 0.158 e. The van der Waals surface area contributed by atoms with Crippen molar-refractivity contribution in [1.29, 1.82) is 0 Å². The number of piperazine rings is 1. The number of hydrogen-bond acceptors (Lipinski definition) is 6. The van der Waals surface area contributed by atoms with Gasteiger partial charge in [-0.1, -0.05) is 17.7 Å². The van der Waals surface area contributed by atoms with Gasteiger partial charge in [-0.15, -0.1) is 0 Å². The van der Waals surface area contributed by atoms with E-state index in [1.165, 1.54) is 0 Å². The fourth-order valence-corrected chi connectivity index (χ4v) is 2.97. The lowest BCUT2D eigenvalue weighted by Gasteiger charge is -2.36. The van der Waals surface area contributed by atoms with Crippen LogP contribution in [0.15, 0.2) is 42.9 Å². The number of pyridine rings is 2. The largest absolute Gasteiger partial charge is 0.353 e. The fourth-order valence-electron chi connectivity index (χ4n) is 2.82. The molecule has 0 spiro atoms. The van der Waals surface area contributed by atoms with Crippen LogP contribution in [0, 0.1) is 0 Å². The molecule has 0 aliphatic carbocycles. The lowest BCUT2D eigenvalue weighted by atomic mass is 10.2. The van der Waals surface area contributed by atoms with Gasteiger partial charge in [0.05, 0.1) is 5.52 Å². The first-order chi connectivity index (χ1) is 11.3. The van der Waals surface area contributed by atoms with Gasteiger partial charge in [-0.3, -0.25) is 0 Å². The zero-order chi connectivity index (χ0) is 15.6. The van der Waals surface area contributed by atoms with Crippen LogP contribution >= 0.6 is 11.6 Å². The van der Waals surface area contributed by atoms with Crippen LogP contribution in [0.3, 0.4) is 0 Å². The Morgan fingerprint density at radius 2 is 1.70 bits per heavy atom. The molecule has 3 aromatic heterocycles. The van der Waals surface area contributed by atoms with Gasteiger partial charge in [0.15, 0.2) is 5.82 Å². The summed E-state index contributed by atoms with van der Waals surface area (Å²) in [5.74, 6) is 1.86. The van der Waals surface area contributed by atoms with Crippen molar-refractivity contribution >= 4 is 34.3 Å². The number of fused-ring (bicyclic) bond motifs is 1. The van der Waals surface area contributed by atoms with Crippen molar-refractivity contribution in [3.05, 3.63) is 48.0 Å². The van der Waals surface area contributed by atoms with Crippen LogP contribution in [0.25, 0.3) is 11.0 Å². The third kappa shape index (κ3) is 2.77. The minimum Gasteiger partial charge on any atom is -0.353 e. The molecule has 1 saturated heterocycles.